The van der Waals surface area contributed by atoms with Gasteiger partial charge in [-0.25, -0.2) is 0 Å². The number of nitrogens with zero attached hydrogens (tertiary/aromatic N) is 1. The second-order valence-electron chi connectivity index (χ2n) is 2.69. The lowest BCUT2D eigenvalue weighted by Crippen LogP contribution is -2.50. The van der Waals surface area contributed by atoms with Crippen molar-refractivity contribution in [2.75, 3.05) is 13.1 Å². The molecule has 1 atom stereocenters. The quantitative estimate of drug-likeness (QED) is 0.483. The second-order valence-corrected chi connectivity index (χ2v) is 3.53. The van der Waals surface area contributed by atoms with E-state index < -0.39 is 0 Å². The minimum Gasteiger partial charge on any atom is -0.376 e. The summed E-state index contributed by atoms with van der Waals surface area (Å²) in [6, 6.07) is 0.236. The highest BCUT2D eigenvalue weighted by Crippen LogP contribution is 2.07. The fraction of sp³-hybridized carbons (Fsp3) is 0.667. The highest BCUT2D eigenvalue weighted by atomic mass is 32.1. The molecule has 1 heterocycles. The molecule has 0 aliphatic carbocycles. The van der Waals surface area contributed by atoms with E-state index in [0.717, 1.165) is 19.5 Å². The zero-order chi connectivity index (χ0) is 9.14. The Morgan fingerprint density at radius 1 is 1.33 bits per heavy atom. The highest BCUT2D eigenvalue weighted by Gasteiger charge is 2.24. The molecule has 12 heavy (non-hydrogen) atoms. The van der Waals surface area contributed by atoms with Crippen LogP contribution in [0.1, 0.15) is 6.42 Å². The molecule has 4 nitrogen and oxygen atoms in total. The average molecular weight is 204 g/mol. The smallest absolute Gasteiger partial charge is 0.172 e. The van der Waals surface area contributed by atoms with Gasteiger partial charge in [0.05, 0.1) is 6.04 Å². The maximum Gasteiger partial charge on any atom is 0.172 e. The molecule has 0 bridgehead atoms. The van der Waals surface area contributed by atoms with Crippen LogP contribution in [0.3, 0.4) is 0 Å². The molecular weight excluding hydrogens is 192 g/mol. The maximum atomic E-state index is 5.48. The van der Waals surface area contributed by atoms with Gasteiger partial charge in [-0.15, -0.1) is 0 Å². The molecule has 1 rings (SSSR count). The van der Waals surface area contributed by atoms with E-state index in [0.29, 0.717) is 0 Å². The Balaban J connectivity index is 2.64. The van der Waals surface area contributed by atoms with E-state index in [1.807, 2.05) is 0 Å². The fourth-order valence-corrected chi connectivity index (χ4v) is 1.88. The first-order valence-electron chi connectivity index (χ1n) is 3.71. The molecule has 1 unspecified atom stereocenters. The molecule has 0 aromatic heterocycles. The number of thiocarbonyl (C=S) groups is 2. The topological polar surface area (TPSA) is 67.3 Å². The molecule has 0 aromatic rings. The van der Waals surface area contributed by atoms with E-state index in [4.69, 9.17) is 35.9 Å². The van der Waals surface area contributed by atoms with Crippen molar-refractivity contribution in [3.63, 3.8) is 0 Å². The van der Waals surface area contributed by atoms with E-state index in [2.05, 4.69) is 5.32 Å². The Bertz CT molecular complexity index is 186. The number of nitrogens with one attached hydrogen (secondary N) is 1. The van der Waals surface area contributed by atoms with Crippen molar-refractivity contribution in [2.45, 2.75) is 12.5 Å². The van der Waals surface area contributed by atoms with Gasteiger partial charge in [-0.3, -0.25) is 4.90 Å². The van der Waals surface area contributed by atoms with Crippen LogP contribution in [0.4, 0.5) is 0 Å². The van der Waals surface area contributed by atoms with Gasteiger partial charge in [-0.05, 0) is 37.4 Å². The SMILES string of the molecule is NC(=S)N(C(N)=S)C1CCNC1. The third-order valence-electron chi connectivity index (χ3n) is 1.87. The second kappa shape index (κ2) is 3.97. The van der Waals surface area contributed by atoms with Crippen LogP contribution in [-0.4, -0.2) is 34.3 Å². The first-order valence-corrected chi connectivity index (χ1v) is 4.53. The molecule has 5 N–H and O–H groups in total. The lowest BCUT2D eigenvalue weighted by Gasteiger charge is -2.26. The van der Waals surface area contributed by atoms with Crippen molar-refractivity contribution in [2.24, 2.45) is 11.5 Å². The van der Waals surface area contributed by atoms with Crippen molar-refractivity contribution < 1.29 is 0 Å². The lowest BCUT2D eigenvalue weighted by atomic mass is 10.2. The largest absolute Gasteiger partial charge is 0.376 e. The van der Waals surface area contributed by atoms with E-state index in [9.17, 15) is 0 Å². The van der Waals surface area contributed by atoms with Gasteiger partial charge in [-0.1, -0.05) is 0 Å². The van der Waals surface area contributed by atoms with Crippen molar-refractivity contribution in [1.82, 2.24) is 10.2 Å². The molecule has 1 aliphatic rings. The summed E-state index contributed by atoms with van der Waals surface area (Å²) in [4.78, 5) is 1.63. The predicted octanol–water partition coefficient (Wildman–Crippen LogP) is -0.862. The van der Waals surface area contributed by atoms with Crippen molar-refractivity contribution in [3.05, 3.63) is 0 Å². The Labute approximate surface area is 82.3 Å². The van der Waals surface area contributed by atoms with Gasteiger partial charge in [0.1, 0.15) is 0 Å². The van der Waals surface area contributed by atoms with Crippen molar-refractivity contribution >= 4 is 34.7 Å². The normalized spacial score (nSPS) is 22.2. The third kappa shape index (κ3) is 2.02. The van der Waals surface area contributed by atoms with E-state index in [1.165, 1.54) is 0 Å². The predicted molar refractivity (Wildman–Crippen MR) is 56.7 cm³/mol. The first kappa shape index (κ1) is 9.63. The number of hydrogen-bond donors (Lipinski definition) is 3. The summed E-state index contributed by atoms with van der Waals surface area (Å²) in [7, 11) is 0. The van der Waals surface area contributed by atoms with Gasteiger partial charge in [0.15, 0.2) is 10.2 Å². The van der Waals surface area contributed by atoms with Gasteiger partial charge in [0.2, 0.25) is 0 Å². The zero-order valence-electron chi connectivity index (χ0n) is 6.62. The molecule has 0 saturated carbocycles. The van der Waals surface area contributed by atoms with Crippen LogP contribution in [0.5, 0.6) is 0 Å². The molecule has 1 fully saturated rings. The number of nitrogens with two attached hydrogens (primary N) is 2. The minimum atomic E-state index is 0.236. The van der Waals surface area contributed by atoms with Gasteiger partial charge in [-0.2, -0.15) is 0 Å². The summed E-state index contributed by atoms with van der Waals surface area (Å²) in [6.07, 6.45) is 0.981. The molecule has 0 aromatic carbocycles. The van der Waals surface area contributed by atoms with E-state index >= 15 is 0 Å². The van der Waals surface area contributed by atoms with E-state index in [1.54, 1.807) is 4.90 Å². The van der Waals surface area contributed by atoms with Crippen LogP contribution in [0, 0.1) is 0 Å². The first-order chi connectivity index (χ1) is 5.63. The number of hydrogen-bond acceptors (Lipinski definition) is 3. The van der Waals surface area contributed by atoms with E-state index in [-0.39, 0.29) is 16.3 Å². The van der Waals surface area contributed by atoms with Gasteiger partial charge < -0.3 is 16.8 Å². The van der Waals surface area contributed by atoms with Gasteiger partial charge in [0.25, 0.3) is 0 Å². The van der Waals surface area contributed by atoms with Crippen LogP contribution in [0.15, 0.2) is 0 Å². The standard InChI is InChI=1S/C6H12N4S2/c7-5(11)10(6(8)12)4-1-2-9-3-4/h4,9H,1-3H2,(H2,7,11)(H2,8,12). The molecule has 1 aliphatic heterocycles. The molecule has 6 heteroatoms. The third-order valence-corrected chi connectivity index (χ3v) is 2.27. The molecule has 0 spiro atoms. The van der Waals surface area contributed by atoms with Crippen LogP contribution in [0.2, 0.25) is 0 Å². The Hall–Kier alpha value is -0.460. The molecular formula is C6H12N4S2. The fourth-order valence-electron chi connectivity index (χ4n) is 1.33. The summed E-state index contributed by atoms with van der Waals surface area (Å²) in [5.41, 5.74) is 11.0. The summed E-state index contributed by atoms with van der Waals surface area (Å²) in [6.45, 7) is 1.81. The molecule has 0 radical (unpaired) electrons. The number of rotatable bonds is 1. The Kier molecular flexibility index (Phi) is 3.19. The maximum absolute atomic E-state index is 5.48. The molecule has 0 amide bonds. The Morgan fingerprint density at radius 2 is 1.92 bits per heavy atom. The van der Waals surface area contributed by atoms with Crippen LogP contribution < -0.4 is 16.8 Å². The zero-order valence-corrected chi connectivity index (χ0v) is 8.25. The Morgan fingerprint density at radius 3 is 2.25 bits per heavy atom. The monoisotopic (exact) mass is 204 g/mol. The van der Waals surface area contributed by atoms with Crippen molar-refractivity contribution in [1.29, 1.82) is 0 Å². The summed E-state index contributed by atoms with van der Waals surface area (Å²) in [5, 5.41) is 3.71. The van der Waals surface area contributed by atoms with Crippen LogP contribution in [-0.2, 0) is 0 Å². The lowest BCUT2D eigenvalue weighted by molar-refractivity contribution is 0.469. The average Bonchev–Trinajstić information content (AvgIpc) is 2.37. The molecule has 68 valence electrons. The summed E-state index contributed by atoms with van der Waals surface area (Å²) >= 11 is 9.68. The van der Waals surface area contributed by atoms with Crippen LogP contribution >= 0.6 is 24.4 Å². The van der Waals surface area contributed by atoms with Gasteiger partial charge in [0, 0.05) is 6.54 Å². The molecule has 1 saturated heterocycles. The summed E-state index contributed by atoms with van der Waals surface area (Å²) in [5.74, 6) is 0. The van der Waals surface area contributed by atoms with Crippen molar-refractivity contribution in [3.8, 4) is 0 Å². The minimum absolute atomic E-state index is 0.236. The van der Waals surface area contributed by atoms with Crippen LogP contribution in [0.25, 0.3) is 0 Å². The van der Waals surface area contributed by atoms with Gasteiger partial charge >= 0.3 is 0 Å². The highest BCUT2D eigenvalue weighted by molar-refractivity contribution is 7.81. The summed E-state index contributed by atoms with van der Waals surface area (Å²) < 4.78 is 0.